The highest BCUT2D eigenvalue weighted by atomic mass is 16.5. The van der Waals surface area contributed by atoms with Gasteiger partial charge in [0.05, 0.1) is 19.1 Å². The molecule has 0 aromatic heterocycles. The van der Waals surface area contributed by atoms with Gasteiger partial charge in [0.25, 0.3) is 0 Å². The Morgan fingerprint density at radius 3 is 2.52 bits per heavy atom. The third-order valence-corrected chi connectivity index (χ3v) is 5.42. The number of carbonyl (C=O) groups excluding carboxylic acids is 1. The van der Waals surface area contributed by atoms with E-state index in [4.69, 9.17) is 9.47 Å². The van der Waals surface area contributed by atoms with E-state index in [1.807, 2.05) is 17.0 Å². The Morgan fingerprint density at radius 1 is 1.16 bits per heavy atom. The van der Waals surface area contributed by atoms with E-state index in [1.54, 1.807) is 14.2 Å². The van der Waals surface area contributed by atoms with E-state index in [1.165, 1.54) is 0 Å². The van der Waals surface area contributed by atoms with Crippen molar-refractivity contribution < 1.29 is 14.3 Å². The number of ether oxygens (including phenoxy) is 2. The van der Waals surface area contributed by atoms with E-state index in [-0.39, 0.29) is 11.3 Å². The summed E-state index contributed by atoms with van der Waals surface area (Å²) in [5, 5.41) is 3.35. The standard InChI is InChI=1S/C19H29N3O3/c1-24-15-19(6-8-20-9-7-19)18(23)22-12-10-21(11-13-22)16-4-3-5-17(14-16)25-2/h3-5,14,20H,6-13,15H2,1-2H3. The number of hydrogen-bond donors (Lipinski definition) is 1. The van der Waals surface area contributed by atoms with Crippen molar-refractivity contribution >= 4 is 11.6 Å². The van der Waals surface area contributed by atoms with E-state index in [2.05, 4.69) is 22.3 Å². The highest BCUT2D eigenvalue weighted by molar-refractivity contribution is 5.83. The van der Waals surface area contributed by atoms with Crippen LogP contribution in [0.4, 0.5) is 5.69 Å². The zero-order valence-corrected chi connectivity index (χ0v) is 15.3. The number of piperidine rings is 1. The van der Waals surface area contributed by atoms with Crippen molar-refractivity contribution in [1.82, 2.24) is 10.2 Å². The lowest BCUT2D eigenvalue weighted by Crippen LogP contribution is -2.56. The summed E-state index contributed by atoms with van der Waals surface area (Å²) in [5.74, 6) is 1.13. The molecule has 6 nitrogen and oxygen atoms in total. The summed E-state index contributed by atoms with van der Waals surface area (Å²) in [5.41, 5.74) is 0.804. The molecule has 0 atom stereocenters. The van der Waals surface area contributed by atoms with Gasteiger partial charge in [-0.1, -0.05) is 6.07 Å². The topological polar surface area (TPSA) is 54.0 Å². The molecule has 2 aliphatic heterocycles. The smallest absolute Gasteiger partial charge is 0.231 e. The maximum absolute atomic E-state index is 13.2. The number of hydrogen-bond acceptors (Lipinski definition) is 5. The molecule has 1 N–H and O–H groups in total. The number of carbonyl (C=O) groups is 1. The summed E-state index contributed by atoms with van der Waals surface area (Å²) < 4.78 is 10.7. The fourth-order valence-electron chi connectivity index (χ4n) is 3.91. The zero-order valence-electron chi connectivity index (χ0n) is 15.3. The minimum Gasteiger partial charge on any atom is -0.497 e. The predicted molar refractivity (Wildman–Crippen MR) is 98.2 cm³/mol. The SMILES string of the molecule is COCC1(C(=O)N2CCN(c3cccc(OC)c3)CC2)CCNCC1. The molecule has 6 heteroatoms. The van der Waals surface area contributed by atoms with Gasteiger partial charge in [-0.15, -0.1) is 0 Å². The molecular formula is C19H29N3O3. The van der Waals surface area contributed by atoms with Crippen LogP contribution in [0, 0.1) is 5.41 Å². The highest BCUT2D eigenvalue weighted by Gasteiger charge is 2.42. The monoisotopic (exact) mass is 347 g/mol. The normalized spacial score (nSPS) is 20.4. The van der Waals surface area contributed by atoms with Crippen LogP contribution in [0.5, 0.6) is 5.75 Å². The maximum atomic E-state index is 13.2. The lowest BCUT2D eigenvalue weighted by molar-refractivity contribution is -0.147. The third kappa shape index (κ3) is 3.90. The molecule has 3 rings (SSSR count). The molecule has 2 saturated heterocycles. The van der Waals surface area contributed by atoms with Gasteiger partial charge in [-0.2, -0.15) is 0 Å². The van der Waals surface area contributed by atoms with Crippen LogP contribution in [0.1, 0.15) is 12.8 Å². The van der Waals surface area contributed by atoms with E-state index < -0.39 is 0 Å². The van der Waals surface area contributed by atoms with Crippen LogP contribution in [0.2, 0.25) is 0 Å². The highest BCUT2D eigenvalue weighted by Crippen LogP contribution is 2.32. The summed E-state index contributed by atoms with van der Waals surface area (Å²) in [6.07, 6.45) is 1.71. The molecule has 2 aliphatic rings. The molecule has 0 bridgehead atoms. The predicted octanol–water partition coefficient (Wildman–Crippen LogP) is 1.36. The first kappa shape index (κ1) is 18.0. The average Bonchev–Trinajstić information content (AvgIpc) is 2.68. The minimum atomic E-state index is -0.349. The minimum absolute atomic E-state index is 0.265. The Balaban J connectivity index is 1.63. The quantitative estimate of drug-likeness (QED) is 0.872. The van der Waals surface area contributed by atoms with Crippen molar-refractivity contribution in [3.63, 3.8) is 0 Å². The Morgan fingerprint density at radius 2 is 1.88 bits per heavy atom. The molecule has 0 unspecified atom stereocenters. The van der Waals surface area contributed by atoms with E-state index >= 15 is 0 Å². The lowest BCUT2D eigenvalue weighted by Gasteiger charge is -2.43. The molecule has 1 aromatic carbocycles. The first-order chi connectivity index (χ1) is 12.2. The molecule has 0 spiro atoms. The molecule has 2 fully saturated rings. The molecule has 0 radical (unpaired) electrons. The molecule has 25 heavy (non-hydrogen) atoms. The van der Waals surface area contributed by atoms with Crippen LogP contribution in [-0.2, 0) is 9.53 Å². The van der Waals surface area contributed by atoms with Crippen molar-refractivity contribution in [3.05, 3.63) is 24.3 Å². The molecule has 138 valence electrons. The number of rotatable bonds is 5. The van der Waals surface area contributed by atoms with Crippen molar-refractivity contribution in [1.29, 1.82) is 0 Å². The second-order valence-electron chi connectivity index (χ2n) is 6.94. The van der Waals surface area contributed by atoms with E-state index in [0.717, 1.165) is 63.5 Å². The van der Waals surface area contributed by atoms with Crippen LogP contribution >= 0.6 is 0 Å². The van der Waals surface area contributed by atoms with E-state index in [0.29, 0.717) is 6.61 Å². The number of nitrogens with zero attached hydrogens (tertiary/aromatic N) is 2. The molecule has 0 saturated carbocycles. The maximum Gasteiger partial charge on any atom is 0.231 e. The molecule has 1 aromatic rings. The van der Waals surface area contributed by atoms with Crippen LogP contribution < -0.4 is 15.0 Å². The van der Waals surface area contributed by atoms with Gasteiger partial charge < -0.3 is 24.6 Å². The first-order valence-electron chi connectivity index (χ1n) is 9.06. The first-order valence-corrected chi connectivity index (χ1v) is 9.06. The van der Waals surface area contributed by atoms with Gasteiger partial charge in [-0.25, -0.2) is 0 Å². The van der Waals surface area contributed by atoms with Gasteiger partial charge in [0.1, 0.15) is 5.75 Å². The Kier molecular flexibility index (Phi) is 5.81. The van der Waals surface area contributed by atoms with Gasteiger partial charge in [-0.05, 0) is 38.1 Å². The van der Waals surface area contributed by atoms with Crippen LogP contribution in [-0.4, -0.2) is 70.9 Å². The van der Waals surface area contributed by atoms with Gasteiger partial charge >= 0.3 is 0 Å². The van der Waals surface area contributed by atoms with Crippen LogP contribution in [0.25, 0.3) is 0 Å². The molecule has 1 amide bonds. The number of anilines is 1. The van der Waals surface area contributed by atoms with E-state index in [9.17, 15) is 4.79 Å². The number of piperazine rings is 1. The van der Waals surface area contributed by atoms with Gasteiger partial charge in [0, 0.05) is 45.0 Å². The average molecular weight is 347 g/mol. The van der Waals surface area contributed by atoms with Gasteiger partial charge in [0.2, 0.25) is 5.91 Å². The van der Waals surface area contributed by atoms with Gasteiger partial charge in [0.15, 0.2) is 0 Å². The largest absolute Gasteiger partial charge is 0.497 e. The Bertz CT molecular complexity index is 574. The third-order valence-electron chi connectivity index (χ3n) is 5.42. The summed E-state index contributed by atoms with van der Waals surface area (Å²) in [6, 6.07) is 8.11. The van der Waals surface area contributed by atoms with Crippen molar-refractivity contribution in [3.8, 4) is 5.75 Å². The second-order valence-corrected chi connectivity index (χ2v) is 6.94. The van der Waals surface area contributed by atoms with Gasteiger partial charge in [-0.3, -0.25) is 4.79 Å². The zero-order chi connectivity index (χ0) is 17.7. The Hall–Kier alpha value is -1.79. The Labute approximate surface area is 150 Å². The van der Waals surface area contributed by atoms with Crippen molar-refractivity contribution in [2.45, 2.75) is 12.8 Å². The van der Waals surface area contributed by atoms with Crippen molar-refractivity contribution in [2.75, 3.05) is 65.0 Å². The number of amides is 1. The number of methoxy groups -OCH3 is 2. The summed E-state index contributed by atoms with van der Waals surface area (Å²) in [7, 11) is 3.38. The number of benzene rings is 1. The summed E-state index contributed by atoms with van der Waals surface area (Å²) >= 11 is 0. The lowest BCUT2D eigenvalue weighted by atomic mass is 9.78. The fourth-order valence-corrected chi connectivity index (χ4v) is 3.91. The van der Waals surface area contributed by atoms with Crippen molar-refractivity contribution in [2.24, 2.45) is 5.41 Å². The van der Waals surface area contributed by atoms with Crippen LogP contribution in [0.3, 0.4) is 0 Å². The molecule has 2 heterocycles. The molecular weight excluding hydrogens is 318 g/mol. The molecule has 0 aliphatic carbocycles. The summed E-state index contributed by atoms with van der Waals surface area (Å²) in [4.78, 5) is 17.5. The summed E-state index contributed by atoms with van der Waals surface area (Å²) in [6.45, 7) is 5.51. The fraction of sp³-hybridized carbons (Fsp3) is 0.632. The second kappa shape index (κ2) is 8.06. The number of nitrogens with one attached hydrogen (secondary N) is 1. The van der Waals surface area contributed by atoms with Crippen LogP contribution in [0.15, 0.2) is 24.3 Å².